The van der Waals surface area contributed by atoms with Crippen molar-refractivity contribution < 1.29 is 13.2 Å². The average Bonchev–Trinajstić information content (AvgIpc) is 2.45. The van der Waals surface area contributed by atoms with Crippen LogP contribution in [0.2, 0.25) is 5.28 Å². The summed E-state index contributed by atoms with van der Waals surface area (Å²) < 4.78 is 37.4. The third-order valence-electron chi connectivity index (χ3n) is 1.84. The fourth-order valence-corrected chi connectivity index (χ4v) is 1.42. The number of hydrogen-bond donors (Lipinski definition) is 0. The van der Waals surface area contributed by atoms with Crippen molar-refractivity contribution in [3.8, 4) is 0 Å². The largest absolute Gasteiger partial charge is 0.406 e. The molecule has 2 aromatic rings. The Morgan fingerprint density at radius 3 is 2.80 bits per heavy atom. The molecule has 0 N–H and O–H groups in total. The minimum absolute atomic E-state index is 0.0206. The van der Waals surface area contributed by atoms with Crippen LogP contribution in [0, 0.1) is 0 Å². The highest BCUT2D eigenvalue weighted by atomic mass is 35.5. The van der Waals surface area contributed by atoms with Crippen LogP contribution >= 0.6 is 11.6 Å². The van der Waals surface area contributed by atoms with Gasteiger partial charge in [-0.1, -0.05) is 0 Å². The lowest BCUT2D eigenvalue weighted by molar-refractivity contribution is -0.139. The van der Waals surface area contributed by atoms with Crippen LogP contribution in [0.5, 0.6) is 0 Å². The summed E-state index contributed by atoms with van der Waals surface area (Å²) in [6, 6.07) is 1.47. The first-order chi connectivity index (χ1) is 6.96. The van der Waals surface area contributed by atoms with Gasteiger partial charge >= 0.3 is 6.18 Å². The van der Waals surface area contributed by atoms with Gasteiger partial charge in [0, 0.05) is 6.20 Å². The SMILES string of the molecule is FC(F)(F)Cn1ccc2nc(Cl)ncc21. The highest BCUT2D eigenvalue weighted by molar-refractivity contribution is 6.28. The third-order valence-corrected chi connectivity index (χ3v) is 2.02. The summed E-state index contributed by atoms with van der Waals surface area (Å²) in [6.45, 7) is -1.05. The molecule has 0 aliphatic heterocycles. The van der Waals surface area contributed by atoms with Crippen LogP contribution in [0.3, 0.4) is 0 Å². The topological polar surface area (TPSA) is 30.7 Å². The Bertz CT molecular complexity index is 491. The van der Waals surface area contributed by atoms with E-state index in [9.17, 15) is 13.2 Å². The van der Waals surface area contributed by atoms with Gasteiger partial charge in [-0.25, -0.2) is 9.97 Å². The fraction of sp³-hybridized carbons (Fsp3) is 0.250. The molecule has 0 amide bonds. The molecule has 0 bridgehead atoms. The lowest BCUT2D eigenvalue weighted by Crippen LogP contribution is -2.16. The highest BCUT2D eigenvalue weighted by Crippen LogP contribution is 2.21. The van der Waals surface area contributed by atoms with Crippen LogP contribution in [-0.4, -0.2) is 20.7 Å². The second-order valence-electron chi connectivity index (χ2n) is 2.97. The van der Waals surface area contributed by atoms with Crippen molar-refractivity contribution in [3.05, 3.63) is 23.7 Å². The first kappa shape index (κ1) is 10.2. The molecule has 3 nitrogen and oxygen atoms in total. The van der Waals surface area contributed by atoms with Crippen LogP contribution in [0.25, 0.3) is 11.0 Å². The van der Waals surface area contributed by atoms with E-state index in [1.165, 1.54) is 18.5 Å². The van der Waals surface area contributed by atoms with E-state index in [4.69, 9.17) is 11.6 Å². The number of nitrogens with zero attached hydrogens (tertiary/aromatic N) is 3. The normalized spacial score (nSPS) is 12.3. The molecule has 7 heteroatoms. The van der Waals surface area contributed by atoms with Gasteiger partial charge in [0.15, 0.2) is 0 Å². The Morgan fingerprint density at radius 2 is 2.13 bits per heavy atom. The molecule has 2 heterocycles. The molecule has 0 unspecified atom stereocenters. The van der Waals surface area contributed by atoms with E-state index in [1.54, 1.807) is 0 Å². The summed E-state index contributed by atoms with van der Waals surface area (Å²) in [7, 11) is 0. The number of hydrogen-bond acceptors (Lipinski definition) is 2. The van der Waals surface area contributed by atoms with Crippen LogP contribution in [0.15, 0.2) is 18.5 Å². The number of rotatable bonds is 1. The highest BCUT2D eigenvalue weighted by Gasteiger charge is 2.28. The molecule has 0 atom stereocenters. The molecule has 80 valence electrons. The van der Waals surface area contributed by atoms with E-state index in [2.05, 4.69) is 9.97 Å². The zero-order valence-electron chi connectivity index (χ0n) is 7.29. The van der Waals surface area contributed by atoms with Gasteiger partial charge in [-0.3, -0.25) is 0 Å². The molecule has 2 rings (SSSR count). The van der Waals surface area contributed by atoms with Gasteiger partial charge in [-0.05, 0) is 17.7 Å². The first-order valence-corrected chi connectivity index (χ1v) is 4.38. The standard InChI is InChI=1S/C8H5ClF3N3/c9-7-13-3-6-5(14-7)1-2-15(6)4-8(10,11)12/h1-3H,4H2. The Labute approximate surface area is 87.5 Å². The van der Waals surface area contributed by atoms with E-state index >= 15 is 0 Å². The Balaban J connectivity index is 2.45. The second kappa shape index (κ2) is 3.37. The van der Waals surface area contributed by atoms with E-state index in [1.807, 2.05) is 0 Å². The predicted octanol–water partition coefficient (Wildman–Crippen LogP) is 2.65. The maximum atomic E-state index is 12.1. The maximum Gasteiger partial charge on any atom is 0.406 e. The molecule has 0 radical (unpaired) electrons. The van der Waals surface area contributed by atoms with Crippen LogP contribution in [0.1, 0.15) is 0 Å². The Hall–Kier alpha value is -1.30. The monoisotopic (exact) mass is 235 g/mol. The van der Waals surface area contributed by atoms with Crippen molar-refractivity contribution in [2.45, 2.75) is 12.7 Å². The van der Waals surface area contributed by atoms with Crippen molar-refractivity contribution >= 4 is 22.6 Å². The van der Waals surface area contributed by atoms with Crippen molar-refractivity contribution in [1.29, 1.82) is 0 Å². The molecular formula is C8H5ClF3N3. The van der Waals surface area contributed by atoms with Gasteiger partial charge in [0.2, 0.25) is 5.28 Å². The molecule has 0 aliphatic carbocycles. The molecule has 0 aliphatic rings. The number of aromatic nitrogens is 3. The molecule has 0 aromatic carbocycles. The number of alkyl halides is 3. The first-order valence-electron chi connectivity index (χ1n) is 4.00. The molecule has 0 saturated heterocycles. The van der Waals surface area contributed by atoms with Gasteiger partial charge in [0.05, 0.1) is 17.2 Å². The number of fused-ring (bicyclic) bond motifs is 1. The van der Waals surface area contributed by atoms with Crippen molar-refractivity contribution in [2.24, 2.45) is 0 Å². The molecular weight excluding hydrogens is 231 g/mol. The van der Waals surface area contributed by atoms with Gasteiger partial charge in [0.25, 0.3) is 0 Å². The summed E-state index contributed by atoms with van der Waals surface area (Å²) in [6.07, 6.45) is -1.68. The zero-order chi connectivity index (χ0) is 11.1. The summed E-state index contributed by atoms with van der Waals surface area (Å²) in [5.41, 5.74) is 0.718. The molecule has 15 heavy (non-hydrogen) atoms. The molecule has 2 aromatic heterocycles. The van der Waals surface area contributed by atoms with Gasteiger partial charge in [-0.15, -0.1) is 0 Å². The summed E-state index contributed by atoms with van der Waals surface area (Å²) >= 11 is 5.51. The second-order valence-corrected chi connectivity index (χ2v) is 3.31. The quantitative estimate of drug-likeness (QED) is 0.712. The number of halogens is 4. The molecule has 0 saturated carbocycles. The van der Waals surface area contributed by atoms with Gasteiger partial charge < -0.3 is 4.57 Å². The summed E-state index contributed by atoms with van der Waals surface area (Å²) in [5.74, 6) is 0. The Kier molecular flexibility index (Phi) is 2.30. The van der Waals surface area contributed by atoms with E-state index in [0.29, 0.717) is 11.0 Å². The smallest absolute Gasteiger partial charge is 0.336 e. The van der Waals surface area contributed by atoms with Crippen LogP contribution in [-0.2, 0) is 6.54 Å². The van der Waals surface area contributed by atoms with E-state index < -0.39 is 12.7 Å². The molecule has 0 spiro atoms. The van der Waals surface area contributed by atoms with Crippen LogP contribution in [0.4, 0.5) is 13.2 Å². The van der Waals surface area contributed by atoms with E-state index in [-0.39, 0.29) is 5.28 Å². The van der Waals surface area contributed by atoms with Gasteiger partial charge in [-0.2, -0.15) is 13.2 Å². The van der Waals surface area contributed by atoms with Crippen molar-refractivity contribution in [2.75, 3.05) is 0 Å². The van der Waals surface area contributed by atoms with E-state index in [0.717, 1.165) is 4.57 Å². The zero-order valence-corrected chi connectivity index (χ0v) is 8.05. The average molecular weight is 236 g/mol. The maximum absolute atomic E-state index is 12.1. The minimum atomic E-state index is -4.26. The van der Waals surface area contributed by atoms with Crippen LogP contribution < -0.4 is 0 Å². The van der Waals surface area contributed by atoms with Crippen molar-refractivity contribution in [3.63, 3.8) is 0 Å². The lowest BCUT2D eigenvalue weighted by atomic mass is 10.4. The Morgan fingerprint density at radius 1 is 1.40 bits per heavy atom. The molecule has 0 fully saturated rings. The summed E-state index contributed by atoms with van der Waals surface area (Å²) in [5, 5.41) is 0.0206. The predicted molar refractivity (Wildman–Crippen MR) is 48.6 cm³/mol. The van der Waals surface area contributed by atoms with Gasteiger partial charge in [0.1, 0.15) is 6.54 Å². The minimum Gasteiger partial charge on any atom is -0.336 e. The third kappa shape index (κ3) is 2.20. The lowest BCUT2D eigenvalue weighted by Gasteiger charge is -2.08. The fourth-order valence-electron chi connectivity index (χ4n) is 1.28. The van der Waals surface area contributed by atoms with Crippen molar-refractivity contribution in [1.82, 2.24) is 14.5 Å². The summed E-state index contributed by atoms with van der Waals surface area (Å²) in [4.78, 5) is 7.43.